The van der Waals surface area contributed by atoms with Crippen LogP contribution in [-0.4, -0.2) is 69.8 Å². The van der Waals surface area contributed by atoms with Gasteiger partial charge in [0.2, 0.25) is 0 Å². The average Bonchev–Trinajstić information content (AvgIpc) is 3.46. The standard InChI is InChI=1S/C58H32N14/c1-7-44(50-46(9-1)61-25-27-63-50)57-68-53(36-13-11-33(12-14-36)37-5-3-23-59-29-37)67-55(71-57)42-21-17-34-16-20-41-43(22-18-35-15-19-40(42)48(34)49(35)41)56-69-54(39-31-65-52(66-32-39)38-6-4-24-60-30-38)70-58(72-56)45-8-2-10-47-51(45)64-28-26-62-47/h1-32H. The highest BCUT2D eigenvalue weighted by atomic mass is 15.1. The van der Waals surface area contributed by atoms with Crippen LogP contribution in [0.25, 0.3) is 145 Å². The molecule has 0 aliphatic rings. The van der Waals surface area contributed by atoms with E-state index in [1.807, 2.05) is 79.0 Å². The Kier molecular flexibility index (Phi) is 9.45. The SMILES string of the molecule is c1cncc(-c2ccc(-c3nc(-c4ccc5ccc6c(-c7nc(-c8cnc(-c9cccnc9)nc8)nc(-c8cccc9nccnc89)n7)ccc7ccc4c5c76)nc(-c4cccc5nccnc45)n3)cc2)c1. The molecule has 0 aliphatic heterocycles. The summed E-state index contributed by atoms with van der Waals surface area (Å²) in [5, 5.41) is 6.17. The molecule has 0 aliphatic carbocycles. The van der Waals surface area contributed by atoms with Crippen molar-refractivity contribution in [3.63, 3.8) is 0 Å². The van der Waals surface area contributed by atoms with Crippen LogP contribution in [0.15, 0.2) is 195 Å². The van der Waals surface area contributed by atoms with Gasteiger partial charge in [-0.15, -0.1) is 0 Å². The first-order chi connectivity index (χ1) is 35.7. The van der Waals surface area contributed by atoms with Gasteiger partial charge in [0.1, 0.15) is 0 Å². The first kappa shape index (κ1) is 40.7. The number of fused-ring (bicyclic) bond motifs is 2. The fourth-order valence-corrected chi connectivity index (χ4v) is 9.46. The van der Waals surface area contributed by atoms with Gasteiger partial charge < -0.3 is 0 Å². The van der Waals surface area contributed by atoms with Gasteiger partial charge in [0.15, 0.2) is 40.8 Å². The van der Waals surface area contributed by atoms with E-state index in [4.69, 9.17) is 49.8 Å². The third-order valence-corrected chi connectivity index (χ3v) is 12.9. The molecule has 0 atom stereocenters. The maximum atomic E-state index is 5.24. The summed E-state index contributed by atoms with van der Waals surface area (Å²) < 4.78 is 0. The third-order valence-electron chi connectivity index (χ3n) is 12.9. The topological polar surface area (TPSA) is 180 Å². The van der Waals surface area contributed by atoms with E-state index in [2.05, 4.69) is 80.6 Å². The summed E-state index contributed by atoms with van der Waals surface area (Å²) in [5.41, 5.74) is 10.3. The van der Waals surface area contributed by atoms with Crippen molar-refractivity contribution in [1.82, 2.24) is 69.8 Å². The second kappa shape index (κ2) is 16.7. The lowest BCUT2D eigenvalue weighted by molar-refractivity contribution is 1.06. The molecule has 0 fully saturated rings. The van der Waals surface area contributed by atoms with Crippen LogP contribution in [0, 0.1) is 0 Å². The van der Waals surface area contributed by atoms with Crippen LogP contribution < -0.4 is 0 Å². The summed E-state index contributed by atoms with van der Waals surface area (Å²) in [5.74, 6) is 3.40. The fourth-order valence-electron chi connectivity index (χ4n) is 9.46. The molecule has 0 amide bonds. The Labute approximate surface area is 408 Å². The molecule has 14 rings (SSSR count). The van der Waals surface area contributed by atoms with Gasteiger partial charge in [0, 0.05) is 95.3 Å². The number of benzene rings is 7. The summed E-state index contributed by atoms with van der Waals surface area (Å²) in [6.45, 7) is 0. The molecule has 72 heavy (non-hydrogen) atoms. The molecule has 14 heteroatoms. The first-order valence-electron chi connectivity index (χ1n) is 23.0. The number of aromatic nitrogens is 14. The Hall–Kier alpha value is -10.3. The zero-order valence-electron chi connectivity index (χ0n) is 37.7. The molecule has 14 nitrogen and oxygen atoms in total. The van der Waals surface area contributed by atoms with Crippen molar-refractivity contribution in [2.75, 3.05) is 0 Å². The largest absolute Gasteiger partial charge is 0.264 e. The minimum atomic E-state index is 0.409. The monoisotopic (exact) mass is 924 g/mol. The normalized spacial score (nSPS) is 11.6. The summed E-state index contributed by atoms with van der Waals surface area (Å²) in [6, 6.07) is 44.7. The summed E-state index contributed by atoms with van der Waals surface area (Å²) >= 11 is 0. The van der Waals surface area contributed by atoms with Gasteiger partial charge in [-0.25, -0.2) is 39.9 Å². The predicted octanol–water partition coefficient (Wildman–Crippen LogP) is 11.8. The summed E-state index contributed by atoms with van der Waals surface area (Å²) in [7, 11) is 0. The quantitative estimate of drug-likeness (QED) is 0.131. The number of para-hydroxylation sites is 2. The fraction of sp³-hybridized carbons (Fsp3) is 0. The van der Waals surface area contributed by atoms with Gasteiger partial charge in [-0.05, 0) is 98.0 Å². The van der Waals surface area contributed by atoms with Crippen molar-refractivity contribution in [1.29, 1.82) is 0 Å². The van der Waals surface area contributed by atoms with Crippen LogP contribution in [0.1, 0.15) is 0 Å². The van der Waals surface area contributed by atoms with Crippen LogP contribution in [0.3, 0.4) is 0 Å². The van der Waals surface area contributed by atoms with Gasteiger partial charge in [0.25, 0.3) is 0 Å². The average molecular weight is 925 g/mol. The molecule has 0 spiro atoms. The van der Waals surface area contributed by atoms with E-state index >= 15 is 0 Å². The summed E-state index contributed by atoms with van der Waals surface area (Å²) in [4.78, 5) is 67.5. The van der Waals surface area contributed by atoms with Crippen molar-refractivity contribution in [2.45, 2.75) is 0 Å². The lowest BCUT2D eigenvalue weighted by atomic mass is 9.89. The molecule has 334 valence electrons. The minimum Gasteiger partial charge on any atom is -0.264 e. The Balaban J connectivity index is 0.952. The molecular formula is C58H32N14. The smallest absolute Gasteiger partial charge is 0.167 e. The van der Waals surface area contributed by atoms with Gasteiger partial charge in [-0.2, -0.15) is 0 Å². The molecule has 0 bridgehead atoms. The van der Waals surface area contributed by atoms with E-state index in [0.717, 1.165) is 87.9 Å². The molecule has 7 heterocycles. The van der Waals surface area contributed by atoms with E-state index in [0.29, 0.717) is 57.4 Å². The molecule has 0 radical (unpaired) electrons. The maximum Gasteiger partial charge on any atom is 0.167 e. The van der Waals surface area contributed by atoms with Gasteiger partial charge in [0.05, 0.1) is 27.6 Å². The summed E-state index contributed by atoms with van der Waals surface area (Å²) in [6.07, 6.45) is 17.3. The van der Waals surface area contributed by atoms with Crippen molar-refractivity contribution >= 4 is 54.4 Å². The van der Waals surface area contributed by atoms with Crippen LogP contribution in [0.4, 0.5) is 0 Å². The van der Waals surface area contributed by atoms with Gasteiger partial charge >= 0.3 is 0 Å². The van der Waals surface area contributed by atoms with E-state index in [9.17, 15) is 0 Å². The molecule has 0 saturated heterocycles. The number of rotatable bonds is 8. The molecule has 0 saturated carbocycles. The Bertz CT molecular complexity index is 4090. The van der Waals surface area contributed by atoms with E-state index in [1.54, 1.807) is 55.8 Å². The number of pyridine rings is 2. The molecule has 7 aromatic heterocycles. The Morgan fingerprint density at radius 1 is 0.250 bits per heavy atom. The van der Waals surface area contributed by atoms with Crippen LogP contribution in [0.5, 0.6) is 0 Å². The molecule has 0 N–H and O–H groups in total. The van der Waals surface area contributed by atoms with Crippen molar-refractivity contribution in [2.24, 2.45) is 0 Å². The van der Waals surface area contributed by atoms with E-state index in [1.165, 1.54) is 0 Å². The van der Waals surface area contributed by atoms with Gasteiger partial charge in [-0.3, -0.25) is 29.9 Å². The highest BCUT2D eigenvalue weighted by molar-refractivity contribution is 6.27. The van der Waals surface area contributed by atoms with E-state index < -0.39 is 0 Å². The van der Waals surface area contributed by atoms with Crippen molar-refractivity contribution in [3.05, 3.63) is 195 Å². The first-order valence-corrected chi connectivity index (χ1v) is 23.0. The van der Waals surface area contributed by atoms with Crippen molar-refractivity contribution in [3.8, 4) is 90.8 Å². The van der Waals surface area contributed by atoms with Crippen molar-refractivity contribution < 1.29 is 0 Å². The lowest BCUT2D eigenvalue weighted by Gasteiger charge is -2.16. The maximum absolute atomic E-state index is 5.24. The Morgan fingerprint density at radius 3 is 1.24 bits per heavy atom. The van der Waals surface area contributed by atoms with E-state index in [-0.39, 0.29) is 0 Å². The molecular weight excluding hydrogens is 893 g/mol. The number of hydrogen-bond acceptors (Lipinski definition) is 14. The number of nitrogens with zero attached hydrogens (tertiary/aromatic N) is 14. The molecule has 7 aromatic carbocycles. The minimum absolute atomic E-state index is 0.409. The molecule has 14 aromatic rings. The predicted molar refractivity (Wildman–Crippen MR) is 278 cm³/mol. The molecule has 0 unspecified atom stereocenters. The van der Waals surface area contributed by atoms with Gasteiger partial charge in [-0.1, -0.05) is 78.9 Å². The highest BCUT2D eigenvalue weighted by Gasteiger charge is 2.22. The second-order valence-corrected chi connectivity index (χ2v) is 17.1. The zero-order valence-corrected chi connectivity index (χ0v) is 37.7. The lowest BCUT2D eigenvalue weighted by Crippen LogP contribution is -2.03. The Morgan fingerprint density at radius 2 is 0.708 bits per heavy atom. The zero-order chi connectivity index (χ0) is 47.5. The van der Waals surface area contributed by atoms with Crippen LogP contribution >= 0.6 is 0 Å². The van der Waals surface area contributed by atoms with Crippen LogP contribution in [0.2, 0.25) is 0 Å². The second-order valence-electron chi connectivity index (χ2n) is 17.1. The highest BCUT2D eigenvalue weighted by Crippen LogP contribution is 2.43. The van der Waals surface area contributed by atoms with Crippen LogP contribution in [-0.2, 0) is 0 Å². The third kappa shape index (κ3) is 6.97. The number of hydrogen-bond donors (Lipinski definition) is 0.